The Morgan fingerprint density at radius 1 is 0.963 bits per heavy atom. The molecule has 0 fully saturated rings. The molecule has 0 aliphatic carbocycles. The van der Waals surface area contributed by atoms with Crippen LogP contribution in [0.4, 0.5) is 0 Å². The number of aromatic amines is 1. The number of esters is 1. The van der Waals surface area contributed by atoms with Crippen molar-refractivity contribution in [1.82, 2.24) is 19.9 Å². The summed E-state index contributed by atoms with van der Waals surface area (Å²) in [4.78, 5) is 28.0. The average Bonchev–Trinajstić information content (AvgIpc) is 3.18. The van der Waals surface area contributed by atoms with Gasteiger partial charge in [0.25, 0.3) is 0 Å². The monoisotopic (exact) mass is 360 g/mol. The van der Waals surface area contributed by atoms with Gasteiger partial charge in [0.05, 0.1) is 19.7 Å². The number of carbonyl (C=O) groups is 1. The van der Waals surface area contributed by atoms with E-state index >= 15 is 0 Å². The lowest BCUT2D eigenvalue weighted by atomic mass is 10.1. The molecule has 0 saturated heterocycles. The van der Waals surface area contributed by atoms with E-state index in [0.717, 1.165) is 28.0 Å². The summed E-state index contributed by atoms with van der Waals surface area (Å²) >= 11 is 0. The quantitative estimate of drug-likeness (QED) is 0.560. The summed E-state index contributed by atoms with van der Waals surface area (Å²) in [5.41, 5.74) is 4.35. The number of hydrogen-bond donors (Lipinski definition) is 1. The zero-order valence-corrected chi connectivity index (χ0v) is 14.8. The second kappa shape index (κ2) is 6.87. The third-order valence-electron chi connectivity index (χ3n) is 4.22. The molecule has 0 aliphatic rings. The van der Waals surface area contributed by atoms with Crippen LogP contribution >= 0.6 is 0 Å². The highest BCUT2D eigenvalue weighted by molar-refractivity contribution is 5.92. The van der Waals surface area contributed by atoms with Gasteiger partial charge < -0.3 is 14.5 Å². The third-order valence-corrected chi connectivity index (χ3v) is 4.22. The molecule has 0 amide bonds. The summed E-state index contributed by atoms with van der Waals surface area (Å²) < 4.78 is 9.95. The number of rotatable bonds is 4. The minimum Gasteiger partial charge on any atom is -0.497 e. The van der Waals surface area contributed by atoms with Crippen molar-refractivity contribution < 1.29 is 14.3 Å². The van der Waals surface area contributed by atoms with E-state index in [0.29, 0.717) is 11.5 Å². The lowest BCUT2D eigenvalue weighted by Crippen LogP contribution is -2.03. The molecule has 1 N–H and O–H groups in total. The molecule has 27 heavy (non-hydrogen) atoms. The molecule has 7 heteroatoms. The number of hydrogen-bond acceptors (Lipinski definition) is 6. The third kappa shape index (κ3) is 3.10. The van der Waals surface area contributed by atoms with Gasteiger partial charge in [-0.3, -0.25) is 0 Å². The van der Waals surface area contributed by atoms with E-state index in [4.69, 9.17) is 9.47 Å². The van der Waals surface area contributed by atoms with Gasteiger partial charge in [-0.2, -0.15) is 0 Å². The van der Waals surface area contributed by atoms with Crippen LogP contribution in [0.1, 0.15) is 10.5 Å². The molecule has 0 spiro atoms. The van der Waals surface area contributed by atoms with Gasteiger partial charge >= 0.3 is 5.97 Å². The summed E-state index contributed by atoms with van der Waals surface area (Å²) in [5.74, 6) is 0.900. The van der Waals surface area contributed by atoms with Crippen LogP contribution in [0.2, 0.25) is 0 Å². The highest BCUT2D eigenvalue weighted by Gasteiger charge is 2.14. The van der Waals surface area contributed by atoms with Gasteiger partial charge in [-0.15, -0.1) is 0 Å². The van der Waals surface area contributed by atoms with Crippen LogP contribution < -0.4 is 4.74 Å². The fraction of sp³-hybridized carbons (Fsp3) is 0.100. The Morgan fingerprint density at radius 3 is 2.48 bits per heavy atom. The molecule has 3 aromatic heterocycles. The standard InChI is InChI=1S/C20H16N4O3/c1-26-14-5-3-12(4-6-14)15-8-10-22-19-17(15)23-18(24-19)13-7-9-21-16(11-13)20(25)27-2/h3-11H,1-2H3,(H,22,23,24). The van der Waals surface area contributed by atoms with Crippen LogP contribution in [0.3, 0.4) is 0 Å². The first-order valence-corrected chi connectivity index (χ1v) is 8.23. The number of H-pyrrole nitrogens is 1. The fourth-order valence-electron chi connectivity index (χ4n) is 2.85. The van der Waals surface area contributed by atoms with Crippen molar-refractivity contribution in [1.29, 1.82) is 0 Å². The number of aromatic nitrogens is 4. The summed E-state index contributed by atoms with van der Waals surface area (Å²) in [6.45, 7) is 0. The smallest absolute Gasteiger partial charge is 0.356 e. The molecule has 0 bridgehead atoms. The van der Waals surface area contributed by atoms with E-state index in [9.17, 15) is 4.79 Å². The van der Waals surface area contributed by atoms with Crippen molar-refractivity contribution >= 4 is 17.1 Å². The molecule has 134 valence electrons. The molecular formula is C20H16N4O3. The van der Waals surface area contributed by atoms with Crippen molar-refractivity contribution in [2.45, 2.75) is 0 Å². The molecule has 0 atom stereocenters. The van der Waals surface area contributed by atoms with Gasteiger partial charge in [0.1, 0.15) is 17.3 Å². The molecule has 3 heterocycles. The maximum atomic E-state index is 11.7. The van der Waals surface area contributed by atoms with Gasteiger partial charge in [0.2, 0.25) is 0 Å². The highest BCUT2D eigenvalue weighted by Crippen LogP contribution is 2.29. The summed E-state index contributed by atoms with van der Waals surface area (Å²) in [7, 11) is 2.96. The summed E-state index contributed by atoms with van der Waals surface area (Å²) in [6, 6.07) is 13.1. The molecular weight excluding hydrogens is 344 g/mol. The number of benzene rings is 1. The predicted molar refractivity (Wildman–Crippen MR) is 100 cm³/mol. The summed E-state index contributed by atoms with van der Waals surface area (Å²) in [5, 5.41) is 0. The molecule has 0 aliphatic heterocycles. The van der Waals surface area contributed by atoms with Gasteiger partial charge in [-0.05, 0) is 35.9 Å². The van der Waals surface area contributed by atoms with E-state index in [1.165, 1.54) is 7.11 Å². The van der Waals surface area contributed by atoms with E-state index in [1.54, 1.807) is 31.6 Å². The van der Waals surface area contributed by atoms with Gasteiger partial charge in [-0.1, -0.05) is 12.1 Å². The highest BCUT2D eigenvalue weighted by atomic mass is 16.5. The average molecular weight is 360 g/mol. The Hall–Kier alpha value is -3.74. The van der Waals surface area contributed by atoms with Crippen molar-refractivity contribution in [3.63, 3.8) is 0 Å². The van der Waals surface area contributed by atoms with Crippen LogP contribution in [0.15, 0.2) is 54.9 Å². The normalized spacial score (nSPS) is 10.7. The zero-order valence-electron chi connectivity index (χ0n) is 14.8. The minimum absolute atomic E-state index is 0.221. The van der Waals surface area contributed by atoms with Gasteiger partial charge in [-0.25, -0.2) is 19.7 Å². The van der Waals surface area contributed by atoms with Crippen molar-refractivity contribution in [2.75, 3.05) is 14.2 Å². The number of nitrogens with one attached hydrogen (secondary N) is 1. The molecule has 4 aromatic rings. The molecule has 0 saturated carbocycles. The summed E-state index contributed by atoms with van der Waals surface area (Å²) in [6.07, 6.45) is 3.27. The SMILES string of the molecule is COC(=O)c1cc(-c2nc3nccc(-c4ccc(OC)cc4)c3[nH]2)ccn1. The first-order valence-electron chi connectivity index (χ1n) is 8.23. The Kier molecular flexibility index (Phi) is 4.25. The number of fused-ring (bicyclic) bond motifs is 1. The Morgan fingerprint density at radius 2 is 1.74 bits per heavy atom. The lowest BCUT2D eigenvalue weighted by molar-refractivity contribution is 0.0594. The Labute approximate surface area is 155 Å². The number of methoxy groups -OCH3 is 2. The van der Waals surface area contributed by atoms with Crippen LogP contribution in [-0.2, 0) is 4.74 Å². The number of nitrogens with zero attached hydrogens (tertiary/aromatic N) is 3. The van der Waals surface area contributed by atoms with E-state index in [1.807, 2.05) is 30.3 Å². The van der Waals surface area contributed by atoms with E-state index in [2.05, 4.69) is 19.9 Å². The number of carbonyl (C=O) groups excluding carboxylic acids is 1. The van der Waals surface area contributed by atoms with Crippen LogP contribution in [0.5, 0.6) is 5.75 Å². The predicted octanol–water partition coefficient (Wildman–Crippen LogP) is 3.48. The van der Waals surface area contributed by atoms with Crippen LogP contribution in [-0.4, -0.2) is 40.1 Å². The lowest BCUT2D eigenvalue weighted by Gasteiger charge is -2.04. The first kappa shape index (κ1) is 16.7. The van der Waals surface area contributed by atoms with Crippen molar-refractivity contribution in [3.8, 4) is 28.3 Å². The largest absolute Gasteiger partial charge is 0.497 e. The molecule has 0 radical (unpaired) electrons. The first-order chi connectivity index (χ1) is 13.2. The second-order valence-corrected chi connectivity index (χ2v) is 5.79. The molecule has 1 aromatic carbocycles. The number of pyridine rings is 2. The maximum absolute atomic E-state index is 11.7. The topological polar surface area (TPSA) is 90.0 Å². The van der Waals surface area contributed by atoms with Crippen LogP contribution in [0.25, 0.3) is 33.7 Å². The fourth-order valence-corrected chi connectivity index (χ4v) is 2.85. The zero-order chi connectivity index (χ0) is 18.8. The molecule has 4 rings (SSSR count). The minimum atomic E-state index is -0.495. The second-order valence-electron chi connectivity index (χ2n) is 5.79. The van der Waals surface area contributed by atoms with E-state index in [-0.39, 0.29) is 5.69 Å². The van der Waals surface area contributed by atoms with Crippen LogP contribution in [0, 0.1) is 0 Å². The molecule has 7 nitrogen and oxygen atoms in total. The van der Waals surface area contributed by atoms with E-state index < -0.39 is 5.97 Å². The van der Waals surface area contributed by atoms with Gasteiger partial charge in [0, 0.05) is 23.5 Å². The number of imidazole rings is 1. The number of ether oxygens (including phenoxy) is 2. The Bertz CT molecular complexity index is 1120. The van der Waals surface area contributed by atoms with Crippen molar-refractivity contribution in [3.05, 3.63) is 60.6 Å². The molecule has 0 unspecified atom stereocenters. The maximum Gasteiger partial charge on any atom is 0.356 e. The van der Waals surface area contributed by atoms with Crippen molar-refractivity contribution in [2.24, 2.45) is 0 Å². The Balaban J connectivity index is 1.80. The van der Waals surface area contributed by atoms with Gasteiger partial charge in [0.15, 0.2) is 5.65 Å².